The van der Waals surface area contributed by atoms with E-state index in [1.807, 2.05) is 19.9 Å². The lowest BCUT2D eigenvalue weighted by molar-refractivity contribution is -0.146. The second-order valence-electron chi connectivity index (χ2n) is 4.04. The van der Waals surface area contributed by atoms with E-state index in [0.29, 0.717) is 5.92 Å². The summed E-state index contributed by atoms with van der Waals surface area (Å²) in [5, 5.41) is 0. The highest BCUT2D eigenvalue weighted by Gasteiger charge is 2.40. The second kappa shape index (κ2) is 3.19. The minimum atomic E-state index is -0.451. The van der Waals surface area contributed by atoms with Crippen molar-refractivity contribution in [2.24, 2.45) is 5.92 Å². The van der Waals surface area contributed by atoms with Crippen molar-refractivity contribution in [3.05, 3.63) is 12.7 Å². The summed E-state index contributed by atoms with van der Waals surface area (Å²) in [6, 6.07) is 0. The van der Waals surface area contributed by atoms with Crippen LogP contribution in [0.25, 0.3) is 0 Å². The Kier molecular flexibility index (Phi) is 2.59. The first kappa shape index (κ1) is 9.75. The summed E-state index contributed by atoms with van der Waals surface area (Å²) >= 11 is 0. The van der Waals surface area contributed by atoms with Crippen LogP contribution in [0.1, 0.15) is 27.7 Å². The molecule has 0 radical (unpaired) electrons. The smallest absolute Gasteiger partial charge is 0.164 e. The first-order valence-corrected chi connectivity index (χ1v) is 4.44. The van der Waals surface area contributed by atoms with Crippen LogP contribution in [0.4, 0.5) is 0 Å². The van der Waals surface area contributed by atoms with Crippen molar-refractivity contribution in [2.45, 2.75) is 45.7 Å². The van der Waals surface area contributed by atoms with E-state index in [9.17, 15) is 0 Å². The fraction of sp³-hybridized carbons (Fsp3) is 0.800. The maximum atomic E-state index is 5.72. The third kappa shape index (κ3) is 1.87. The predicted molar refractivity (Wildman–Crippen MR) is 48.9 cm³/mol. The van der Waals surface area contributed by atoms with Gasteiger partial charge in [0.1, 0.15) is 6.10 Å². The van der Waals surface area contributed by atoms with Gasteiger partial charge in [0.2, 0.25) is 0 Å². The summed E-state index contributed by atoms with van der Waals surface area (Å²) < 4.78 is 11.4. The fourth-order valence-corrected chi connectivity index (χ4v) is 1.52. The van der Waals surface area contributed by atoms with E-state index in [1.54, 1.807) is 0 Å². The van der Waals surface area contributed by atoms with Gasteiger partial charge in [0.15, 0.2) is 5.79 Å². The molecule has 2 heteroatoms. The van der Waals surface area contributed by atoms with E-state index in [2.05, 4.69) is 20.4 Å². The van der Waals surface area contributed by atoms with Gasteiger partial charge in [0.25, 0.3) is 0 Å². The molecule has 70 valence electrons. The Morgan fingerprint density at radius 3 is 2.25 bits per heavy atom. The van der Waals surface area contributed by atoms with Crippen LogP contribution in [0.5, 0.6) is 0 Å². The van der Waals surface area contributed by atoms with Gasteiger partial charge < -0.3 is 9.47 Å². The third-order valence-corrected chi connectivity index (χ3v) is 2.05. The van der Waals surface area contributed by atoms with Crippen LogP contribution >= 0.6 is 0 Å². The van der Waals surface area contributed by atoms with Gasteiger partial charge in [-0.3, -0.25) is 0 Å². The highest BCUT2D eigenvalue weighted by atomic mass is 16.7. The highest BCUT2D eigenvalue weighted by Crippen LogP contribution is 2.32. The van der Waals surface area contributed by atoms with E-state index >= 15 is 0 Å². The molecule has 0 N–H and O–H groups in total. The van der Waals surface area contributed by atoms with Crippen LogP contribution in [-0.2, 0) is 9.47 Å². The lowest BCUT2D eigenvalue weighted by Crippen LogP contribution is -2.26. The van der Waals surface area contributed by atoms with Crippen molar-refractivity contribution in [2.75, 3.05) is 0 Å². The molecule has 1 aliphatic rings. The van der Waals surface area contributed by atoms with Gasteiger partial charge in [-0.15, -0.1) is 6.58 Å². The standard InChI is InChI=1S/C10H18O2/c1-6-8-9(7(2)3)12-10(4,5)11-8/h6-9H,1H2,2-5H3/t8-,9-/m0/s1. The van der Waals surface area contributed by atoms with Gasteiger partial charge in [-0.2, -0.15) is 0 Å². The second-order valence-corrected chi connectivity index (χ2v) is 4.04. The molecular weight excluding hydrogens is 152 g/mol. The quantitative estimate of drug-likeness (QED) is 0.592. The molecule has 0 spiro atoms. The molecule has 0 aromatic heterocycles. The maximum absolute atomic E-state index is 5.72. The largest absolute Gasteiger partial charge is 0.344 e. The van der Waals surface area contributed by atoms with Gasteiger partial charge in [-0.1, -0.05) is 19.9 Å². The molecule has 0 amide bonds. The molecule has 0 unspecified atom stereocenters. The number of hydrogen-bond donors (Lipinski definition) is 0. The van der Waals surface area contributed by atoms with Gasteiger partial charge in [-0.05, 0) is 19.8 Å². The molecule has 0 saturated carbocycles. The van der Waals surface area contributed by atoms with Crippen molar-refractivity contribution in [3.8, 4) is 0 Å². The van der Waals surface area contributed by atoms with Crippen LogP contribution in [0.3, 0.4) is 0 Å². The molecule has 1 heterocycles. The monoisotopic (exact) mass is 170 g/mol. The average molecular weight is 170 g/mol. The van der Waals surface area contributed by atoms with Crippen molar-refractivity contribution in [1.29, 1.82) is 0 Å². The zero-order valence-corrected chi connectivity index (χ0v) is 8.33. The van der Waals surface area contributed by atoms with Crippen molar-refractivity contribution >= 4 is 0 Å². The molecule has 0 aromatic rings. The molecule has 0 aliphatic carbocycles. The van der Waals surface area contributed by atoms with Crippen molar-refractivity contribution in [1.82, 2.24) is 0 Å². The lowest BCUT2D eigenvalue weighted by atomic mass is 10.0. The van der Waals surface area contributed by atoms with Crippen LogP contribution in [0, 0.1) is 5.92 Å². The van der Waals surface area contributed by atoms with E-state index < -0.39 is 5.79 Å². The van der Waals surface area contributed by atoms with Crippen molar-refractivity contribution < 1.29 is 9.47 Å². The highest BCUT2D eigenvalue weighted by molar-refractivity contribution is 4.94. The normalized spacial score (nSPS) is 34.1. The summed E-state index contributed by atoms with van der Waals surface area (Å²) in [7, 11) is 0. The number of hydrogen-bond acceptors (Lipinski definition) is 2. The molecule has 12 heavy (non-hydrogen) atoms. The first-order valence-electron chi connectivity index (χ1n) is 4.44. The summed E-state index contributed by atoms with van der Waals surface area (Å²) in [6.07, 6.45) is 2.01. The zero-order chi connectivity index (χ0) is 9.35. The molecule has 1 rings (SSSR count). The lowest BCUT2D eigenvalue weighted by Gasteiger charge is -2.18. The Balaban J connectivity index is 2.69. The van der Waals surface area contributed by atoms with E-state index in [0.717, 1.165) is 0 Å². The SMILES string of the molecule is C=C[C@@H]1OC(C)(C)O[C@H]1C(C)C. The number of rotatable bonds is 2. The third-order valence-electron chi connectivity index (χ3n) is 2.05. The molecular formula is C10H18O2. The molecule has 1 saturated heterocycles. The predicted octanol–water partition coefficient (Wildman–Crippen LogP) is 2.35. The fourth-order valence-electron chi connectivity index (χ4n) is 1.52. The number of ether oxygens (including phenoxy) is 2. The Morgan fingerprint density at radius 2 is 1.92 bits per heavy atom. The molecule has 2 atom stereocenters. The van der Waals surface area contributed by atoms with Gasteiger partial charge >= 0.3 is 0 Å². The molecule has 1 fully saturated rings. The molecule has 2 nitrogen and oxygen atoms in total. The van der Waals surface area contributed by atoms with Gasteiger partial charge in [-0.25, -0.2) is 0 Å². The Hall–Kier alpha value is -0.340. The summed E-state index contributed by atoms with van der Waals surface area (Å²) in [5.41, 5.74) is 0. The van der Waals surface area contributed by atoms with Crippen LogP contribution in [-0.4, -0.2) is 18.0 Å². The minimum absolute atomic E-state index is 0.0417. The summed E-state index contributed by atoms with van der Waals surface area (Å²) in [5.74, 6) is 0.0168. The van der Waals surface area contributed by atoms with Gasteiger partial charge in [0, 0.05) is 0 Å². The minimum Gasteiger partial charge on any atom is -0.344 e. The average Bonchev–Trinajstić information content (AvgIpc) is 2.25. The molecule has 0 aromatic carbocycles. The van der Waals surface area contributed by atoms with Crippen LogP contribution in [0.2, 0.25) is 0 Å². The first-order chi connectivity index (χ1) is 5.46. The maximum Gasteiger partial charge on any atom is 0.164 e. The summed E-state index contributed by atoms with van der Waals surface area (Å²) in [4.78, 5) is 0. The van der Waals surface area contributed by atoms with Crippen LogP contribution in [0.15, 0.2) is 12.7 Å². The van der Waals surface area contributed by atoms with Crippen LogP contribution < -0.4 is 0 Å². The zero-order valence-electron chi connectivity index (χ0n) is 8.33. The Bertz CT molecular complexity index is 173. The Labute approximate surface area is 74.6 Å². The molecule has 0 bridgehead atoms. The van der Waals surface area contributed by atoms with Gasteiger partial charge in [0.05, 0.1) is 6.10 Å². The van der Waals surface area contributed by atoms with E-state index in [1.165, 1.54) is 0 Å². The van der Waals surface area contributed by atoms with Crippen molar-refractivity contribution in [3.63, 3.8) is 0 Å². The molecule has 1 aliphatic heterocycles. The van der Waals surface area contributed by atoms with E-state index in [-0.39, 0.29) is 12.2 Å². The topological polar surface area (TPSA) is 18.5 Å². The van der Waals surface area contributed by atoms with E-state index in [4.69, 9.17) is 9.47 Å². The Morgan fingerprint density at radius 1 is 1.33 bits per heavy atom. The summed E-state index contributed by atoms with van der Waals surface area (Å²) in [6.45, 7) is 11.9.